The van der Waals surface area contributed by atoms with Gasteiger partial charge in [0.25, 0.3) is 0 Å². The van der Waals surface area contributed by atoms with Crippen molar-refractivity contribution >= 4 is 29.3 Å². The van der Waals surface area contributed by atoms with E-state index < -0.39 is 6.61 Å². The maximum Gasteiger partial charge on any atom is 0.387 e. The number of nitrogens with zero attached hydrogens (tertiary/aromatic N) is 4. The number of carbonyl (C=O) groups excluding carboxylic acids is 1. The minimum atomic E-state index is -2.87. The predicted octanol–water partition coefficient (Wildman–Crippen LogP) is 4.40. The molecule has 1 heterocycles. The third-order valence-corrected chi connectivity index (χ3v) is 5.68. The normalized spacial score (nSPS) is 10.9. The molecule has 0 aliphatic carbocycles. The summed E-state index contributed by atoms with van der Waals surface area (Å²) >= 11 is 7.13. The van der Waals surface area contributed by atoms with E-state index in [0.717, 1.165) is 5.56 Å². The molecule has 2 aromatic carbocycles. The van der Waals surface area contributed by atoms with Crippen molar-refractivity contribution in [3.05, 3.63) is 64.9 Å². The molecule has 0 radical (unpaired) electrons. The Morgan fingerprint density at radius 2 is 1.78 bits per heavy atom. The van der Waals surface area contributed by atoms with Crippen LogP contribution in [0, 0.1) is 0 Å². The van der Waals surface area contributed by atoms with Gasteiger partial charge in [-0.2, -0.15) is 8.78 Å². The van der Waals surface area contributed by atoms with Gasteiger partial charge >= 0.3 is 6.61 Å². The Balaban J connectivity index is 1.48. The number of aromatic nitrogens is 3. The highest BCUT2D eigenvalue weighted by molar-refractivity contribution is 7.99. The average molecular weight is 483 g/mol. The van der Waals surface area contributed by atoms with E-state index in [9.17, 15) is 13.6 Å². The molecule has 0 fully saturated rings. The summed E-state index contributed by atoms with van der Waals surface area (Å²) in [7, 11) is 3.48. The van der Waals surface area contributed by atoms with Crippen LogP contribution >= 0.6 is 23.4 Å². The van der Waals surface area contributed by atoms with Gasteiger partial charge in [-0.15, -0.1) is 10.2 Å². The molecule has 0 aliphatic heterocycles. The van der Waals surface area contributed by atoms with Crippen LogP contribution in [0.5, 0.6) is 11.5 Å². The summed E-state index contributed by atoms with van der Waals surface area (Å²) in [6.45, 7) is -2.30. The highest BCUT2D eigenvalue weighted by Gasteiger charge is 2.15. The molecule has 0 N–H and O–H groups in total. The zero-order chi connectivity index (χ0) is 23.1. The summed E-state index contributed by atoms with van der Waals surface area (Å²) in [6, 6.07) is 13.2. The summed E-state index contributed by atoms with van der Waals surface area (Å²) in [6.07, 6.45) is 0. The lowest BCUT2D eigenvalue weighted by molar-refractivity contribution is -0.127. The monoisotopic (exact) mass is 482 g/mol. The van der Waals surface area contributed by atoms with Crippen LogP contribution in [-0.4, -0.2) is 45.0 Å². The van der Waals surface area contributed by atoms with Gasteiger partial charge < -0.3 is 18.9 Å². The van der Waals surface area contributed by atoms with Crippen molar-refractivity contribution in [2.24, 2.45) is 7.05 Å². The van der Waals surface area contributed by atoms with E-state index in [1.54, 1.807) is 60.0 Å². The number of halogens is 3. The topological polar surface area (TPSA) is 69.5 Å². The Kier molecular flexibility index (Phi) is 8.29. The van der Waals surface area contributed by atoms with Crippen LogP contribution in [-0.2, 0) is 25.0 Å². The van der Waals surface area contributed by atoms with Crippen LogP contribution in [0.1, 0.15) is 11.4 Å². The van der Waals surface area contributed by atoms with E-state index in [-0.39, 0.29) is 24.0 Å². The fraction of sp³-hybridized carbons (Fsp3) is 0.286. The highest BCUT2D eigenvalue weighted by Crippen LogP contribution is 2.20. The van der Waals surface area contributed by atoms with Crippen LogP contribution in [0.2, 0.25) is 5.02 Å². The van der Waals surface area contributed by atoms with Gasteiger partial charge in [0.2, 0.25) is 5.91 Å². The van der Waals surface area contributed by atoms with E-state index in [1.165, 1.54) is 23.9 Å². The number of alkyl halides is 2. The van der Waals surface area contributed by atoms with Gasteiger partial charge in [0.05, 0.1) is 5.75 Å². The van der Waals surface area contributed by atoms with Crippen molar-refractivity contribution in [1.29, 1.82) is 0 Å². The van der Waals surface area contributed by atoms with Crippen molar-refractivity contribution in [3.8, 4) is 11.5 Å². The molecule has 0 bridgehead atoms. The molecule has 3 aromatic rings. The molecule has 0 unspecified atom stereocenters. The zero-order valence-corrected chi connectivity index (χ0v) is 18.9. The molecule has 0 atom stereocenters. The summed E-state index contributed by atoms with van der Waals surface area (Å²) < 4.78 is 36.2. The number of thioether (sulfide) groups is 1. The first-order valence-electron chi connectivity index (χ1n) is 9.49. The van der Waals surface area contributed by atoms with Crippen LogP contribution in [0.15, 0.2) is 53.7 Å². The average Bonchev–Trinajstić information content (AvgIpc) is 3.12. The van der Waals surface area contributed by atoms with Crippen molar-refractivity contribution in [3.63, 3.8) is 0 Å². The molecule has 170 valence electrons. The molecule has 1 amide bonds. The predicted molar refractivity (Wildman–Crippen MR) is 117 cm³/mol. The van der Waals surface area contributed by atoms with E-state index in [2.05, 4.69) is 14.9 Å². The SMILES string of the molecule is CN(Cc1ccc(OC(F)F)cc1)C(=O)CSc1nnc(COc2ccc(Cl)cc2)n1C. The fourth-order valence-electron chi connectivity index (χ4n) is 2.65. The number of carbonyl (C=O) groups is 1. The third-order valence-electron chi connectivity index (χ3n) is 4.43. The number of hydrogen-bond acceptors (Lipinski definition) is 6. The van der Waals surface area contributed by atoms with Gasteiger partial charge in [-0.05, 0) is 42.0 Å². The lowest BCUT2D eigenvalue weighted by atomic mass is 10.2. The van der Waals surface area contributed by atoms with Crippen LogP contribution in [0.25, 0.3) is 0 Å². The summed E-state index contributed by atoms with van der Waals surface area (Å²) in [5, 5.41) is 9.46. The minimum absolute atomic E-state index is 0.0754. The first-order chi connectivity index (χ1) is 15.3. The molecule has 0 saturated carbocycles. The largest absolute Gasteiger partial charge is 0.486 e. The van der Waals surface area contributed by atoms with Gasteiger partial charge in [0.15, 0.2) is 11.0 Å². The van der Waals surface area contributed by atoms with E-state index in [0.29, 0.717) is 28.3 Å². The molecular formula is C21H21ClF2N4O3S. The maximum atomic E-state index is 12.5. The lowest BCUT2D eigenvalue weighted by Crippen LogP contribution is -2.27. The molecule has 3 rings (SSSR count). The molecule has 7 nitrogen and oxygen atoms in total. The first-order valence-corrected chi connectivity index (χ1v) is 10.9. The highest BCUT2D eigenvalue weighted by atomic mass is 35.5. The number of benzene rings is 2. The van der Waals surface area contributed by atoms with E-state index in [1.807, 2.05) is 0 Å². The molecular weight excluding hydrogens is 462 g/mol. The molecule has 0 aliphatic rings. The second-order valence-corrected chi connectivity index (χ2v) is 8.14. The second-order valence-electron chi connectivity index (χ2n) is 6.76. The zero-order valence-electron chi connectivity index (χ0n) is 17.4. The van der Waals surface area contributed by atoms with Crippen molar-refractivity contribution < 1.29 is 23.0 Å². The number of amides is 1. The van der Waals surface area contributed by atoms with Gasteiger partial charge in [-0.1, -0.05) is 35.5 Å². The quantitative estimate of drug-likeness (QED) is 0.399. The van der Waals surface area contributed by atoms with Crippen molar-refractivity contribution in [2.75, 3.05) is 12.8 Å². The Morgan fingerprint density at radius 3 is 2.44 bits per heavy atom. The number of hydrogen-bond donors (Lipinski definition) is 0. The standard InChI is InChI=1S/C21H21ClF2N4O3S/c1-27(11-14-3-7-17(8-4-14)31-20(23)24)19(29)13-32-21-26-25-18(28(21)2)12-30-16-9-5-15(22)6-10-16/h3-10,20H,11-13H2,1-2H3. The maximum absolute atomic E-state index is 12.5. The molecule has 0 saturated heterocycles. The van der Waals surface area contributed by atoms with Gasteiger partial charge in [0.1, 0.15) is 18.1 Å². The Bertz CT molecular complexity index is 1030. The molecule has 0 spiro atoms. The summed E-state index contributed by atoms with van der Waals surface area (Å²) in [4.78, 5) is 14.0. The number of ether oxygens (including phenoxy) is 2. The van der Waals surface area contributed by atoms with E-state index >= 15 is 0 Å². The fourth-order valence-corrected chi connectivity index (χ4v) is 3.65. The third kappa shape index (κ3) is 6.83. The van der Waals surface area contributed by atoms with Crippen molar-refractivity contribution in [2.45, 2.75) is 24.9 Å². The van der Waals surface area contributed by atoms with Crippen LogP contribution < -0.4 is 9.47 Å². The Hall–Kier alpha value is -2.85. The molecule has 32 heavy (non-hydrogen) atoms. The second kappa shape index (κ2) is 11.1. The Morgan fingerprint density at radius 1 is 1.12 bits per heavy atom. The summed E-state index contributed by atoms with van der Waals surface area (Å²) in [5.41, 5.74) is 0.799. The minimum Gasteiger partial charge on any atom is -0.486 e. The smallest absolute Gasteiger partial charge is 0.387 e. The number of rotatable bonds is 10. The van der Waals surface area contributed by atoms with Crippen molar-refractivity contribution in [1.82, 2.24) is 19.7 Å². The van der Waals surface area contributed by atoms with Gasteiger partial charge in [-0.25, -0.2) is 0 Å². The van der Waals surface area contributed by atoms with Crippen LogP contribution in [0.4, 0.5) is 8.78 Å². The lowest BCUT2D eigenvalue weighted by Gasteiger charge is -2.17. The van der Waals surface area contributed by atoms with Crippen LogP contribution in [0.3, 0.4) is 0 Å². The van der Waals surface area contributed by atoms with Gasteiger partial charge in [-0.3, -0.25) is 4.79 Å². The van der Waals surface area contributed by atoms with Gasteiger partial charge in [0, 0.05) is 25.7 Å². The first kappa shape index (κ1) is 23.8. The van der Waals surface area contributed by atoms with E-state index in [4.69, 9.17) is 16.3 Å². The molecule has 11 heteroatoms. The molecule has 1 aromatic heterocycles. The Labute approximate surface area is 193 Å². The summed E-state index contributed by atoms with van der Waals surface area (Å²) in [5.74, 6) is 1.43.